The molecule has 132 valence electrons. The minimum absolute atomic E-state index is 0.102. The number of rotatable bonds is 3. The average Bonchev–Trinajstić information content (AvgIpc) is 3.05. The lowest BCUT2D eigenvalue weighted by molar-refractivity contribution is -0.118. The summed E-state index contributed by atoms with van der Waals surface area (Å²) in [7, 11) is 0. The van der Waals surface area contributed by atoms with E-state index in [0.29, 0.717) is 11.7 Å². The Morgan fingerprint density at radius 2 is 2.08 bits per heavy atom. The lowest BCUT2D eigenvalue weighted by Crippen LogP contribution is -2.33. The molecule has 0 spiro atoms. The second-order valence-corrected chi connectivity index (χ2v) is 8.60. The van der Waals surface area contributed by atoms with Crippen LogP contribution in [0.4, 0.5) is 5.69 Å². The van der Waals surface area contributed by atoms with Gasteiger partial charge in [0.05, 0.1) is 23.5 Å². The lowest BCUT2D eigenvalue weighted by Gasteiger charge is -2.22. The molecule has 1 atom stereocenters. The molecule has 4 rings (SSSR count). The van der Waals surface area contributed by atoms with Gasteiger partial charge in [0.25, 0.3) is 0 Å². The molecule has 1 amide bonds. The van der Waals surface area contributed by atoms with Gasteiger partial charge in [0.1, 0.15) is 5.01 Å². The van der Waals surface area contributed by atoms with Gasteiger partial charge in [0.2, 0.25) is 5.91 Å². The first-order valence-corrected chi connectivity index (χ1v) is 10.4. The van der Waals surface area contributed by atoms with Gasteiger partial charge in [-0.2, -0.15) is 0 Å². The van der Waals surface area contributed by atoms with Gasteiger partial charge in [0.15, 0.2) is 0 Å². The molecule has 3 aromatic rings. The number of amides is 1. The van der Waals surface area contributed by atoms with E-state index in [9.17, 15) is 4.79 Å². The van der Waals surface area contributed by atoms with Gasteiger partial charge < -0.3 is 4.90 Å². The van der Waals surface area contributed by atoms with Crippen molar-refractivity contribution < 1.29 is 4.79 Å². The number of carbonyl (C=O) groups excluding carboxylic acids is 1. The molecule has 0 saturated heterocycles. The van der Waals surface area contributed by atoms with Crippen molar-refractivity contribution in [2.24, 2.45) is 0 Å². The monoisotopic (exact) mass is 381 g/mol. The Balaban J connectivity index is 1.54. The van der Waals surface area contributed by atoms with E-state index in [2.05, 4.69) is 23.0 Å². The number of nitrogens with zero attached hydrogens (tertiary/aromatic N) is 3. The molecule has 0 aliphatic carbocycles. The maximum absolute atomic E-state index is 13.0. The molecular formula is C20H19N3OS2. The summed E-state index contributed by atoms with van der Waals surface area (Å²) in [4.78, 5) is 25.0. The van der Waals surface area contributed by atoms with Crippen LogP contribution in [0.5, 0.6) is 0 Å². The maximum atomic E-state index is 13.0. The predicted octanol–water partition coefficient (Wildman–Crippen LogP) is 4.67. The van der Waals surface area contributed by atoms with Gasteiger partial charge in [0, 0.05) is 28.3 Å². The summed E-state index contributed by atoms with van der Waals surface area (Å²) < 4.78 is 0. The van der Waals surface area contributed by atoms with E-state index in [1.807, 2.05) is 58.4 Å². The molecule has 6 heteroatoms. The number of pyridine rings is 1. The highest BCUT2D eigenvalue weighted by molar-refractivity contribution is 8.00. The van der Waals surface area contributed by atoms with Crippen molar-refractivity contribution in [3.63, 3.8) is 0 Å². The van der Waals surface area contributed by atoms with Crippen molar-refractivity contribution in [3.8, 4) is 10.7 Å². The Morgan fingerprint density at radius 3 is 2.92 bits per heavy atom. The topological polar surface area (TPSA) is 46.1 Å². The first kappa shape index (κ1) is 17.2. The molecule has 0 saturated carbocycles. The van der Waals surface area contributed by atoms with E-state index < -0.39 is 0 Å². The normalized spacial score (nSPS) is 16.8. The number of carbonyl (C=O) groups is 1. The molecular weight excluding hydrogens is 362 g/mol. The second-order valence-electron chi connectivity index (χ2n) is 6.27. The Bertz CT molecular complexity index is 910. The zero-order chi connectivity index (χ0) is 17.9. The Labute approximate surface area is 161 Å². The summed E-state index contributed by atoms with van der Waals surface area (Å²) in [6.07, 6.45) is 3.06. The minimum atomic E-state index is 0.102. The Hall–Kier alpha value is -2.18. The van der Waals surface area contributed by atoms with Crippen LogP contribution in [0.15, 0.2) is 58.9 Å². The first-order chi connectivity index (χ1) is 12.7. The van der Waals surface area contributed by atoms with Crippen LogP contribution in [0.25, 0.3) is 10.7 Å². The van der Waals surface area contributed by atoms with Crippen LogP contribution in [-0.2, 0) is 11.2 Å². The van der Waals surface area contributed by atoms with Gasteiger partial charge in [-0.3, -0.25) is 9.78 Å². The van der Waals surface area contributed by atoms with Crippen LogP contribution in [-0.4, -0.2) is 27.7 Å². The smallest absolute Gasteiger partial charge is 0.233 e. The molecule has 3 heterocycles. The summed E-state index contributed by atoms with van der Waals surface area (Å²) in [5.41, 5.74) is 2.68. The Morgan fingerprint density at radius 1 is 1.23 bits per heavy atom. The molecule has 1 aliphatic rings. The quantitative estimate of drug-likeness (QED) is 0.662. The van der Waals surface area contributed by atoms with Gasteiger partial charge in [-0.25, -0.2) is 4.98 Å². The van der Waals surface area contributed by atoms with Crippen LogP contribution < -0.4 is 4.90 Å². The fourth-order valence-corrected chi connectivity index (χ4v) is 4.90. The zero-order valence-corrected chi connectivity index (χ0v) is 16.1. The average molecular weight is 382 g/mol. The summed E-state index contributed by atoms with van der Waals surface area (Å²) >= 11 is 3.38. The van der Waals surface area contributed by atoms with E-state index in [-0.39, 0.29) is 5.91 Å². The largest absolute Gasteiger partial charge is 0.311 e. The molecule has 2 aromatic heterocycles. The fraction of sp³-hybridized carbons (Fsp3) is 0.250. The number of para-hydroxylation sites is 1. The van der Waals surface area contributed by atoms with E-state index in [0.717, 1.165) is 35.0 Å². The third-order valence-electron chi connectivity index (χ3n) is 4.31. The molecule has 0 bridgehead atoms. The van der Waals surface area contributed by atoms with Crippen molar-refractivity contribution >= 4 is 34.7 Å². The molecule has 0 fully saturated rings. The minimum Gasteiger partial charge on any atom is -0.311 e. The standard InChI is InChI=1S/C20H19N3OS2/c1-14-9-11-23(17-7-2-3-8-18(17)26-14)19(24)12-15-13-25-20(22-15)16-6-4-5-10-21-16/h2-8,10,13-14H,9,11-12H2,1H3. The molecule has 1 aromatic carbocycles. The van der Waals surface area contributed by atoms with Crippen LogP contribution >= 0.6 is 23.1 Å². The van der Waals surface area contributed by atoms with E-state index >= 15 is 0 Å². The van der Waals surface area contributed by atoms with Crippen molar-refractivity contribution in [1.82, 2.24) is 9.97 Å². The number of thiazole rings is 1. The van der Waals surface area contributed by atoms with Gasteiger partial charge in [-0.05, 0) is 30.7 Å². The van der Waals surface area contributed by atoms with Gasteiger partial charge in [-0.1, -0.05) is 25.1 Å². The summed E-state index contributed by atoms with van der Waals surface area (Å²) in [6.45, 7) is 2.97. The number of benzene rings is 1. The lowest BCUT2D eigenvalue weighted by atomic mass is 10.2. The number of thioether (sulfide) groups is 1. The van der Waals surface area contributed by atoms with Crippen molar-refractivity contribution in [1.29, 1.82) is 0 Å². The molecule has 1 unspecified atom stereocenters. The van der Waals surface area contributed by atoms with Crippen LogP contribution in [0, 0.1) is 0 Å². The molecule has 0 N–H and O–H groups in total. The molecule has 1 aliphatic heterocycles. The second kappa shape index (κ2) is 7.60. The maximum Gasteiger partial charge on any atom is 0.233 e. The highest BCUT2D eigenvalue weighted by Gasteiger charge is 2.24. The van der Waals surface area contributed by atoms with Crippen molar-refractivity contribution in [2.75, 3.05) is 11.4 Å². The summed E-state index contributed by atoms with van der Waals surface area (Å²) in [5, 5.41) is 3.32. The van der Waals surface area contributed by atoms with Crippen molar-refractivity contribution in [2.45, 2.75) is 29.9 Å². The highest BCUT2D eigenvalue weighted by atomic mass is 32.2. The number of hydrogen-bond donors (Lipinski definition) is 0. The Kier molecular flexibility index (Phi) is 5.04. The number of anilines is 1. The van der Waals surface area contributed by atoms with Crippen molar-refractivity contribution in [3.05, 3.63) is 59.7 Å². The SMILES string of the molecule is CC1CCN(C(=O)Cc2csc(-c3ccccn3)n2)c2ccccc2S1. The van der Waals surface area contributed by atoms with E-state index in [1.54, 1.807) is 6.20 Å². The van der Waals surface area contributed by atoms with Gasteiger partial charge in [-0.15, -0.1) is 23.1 Å². The molecule has 4 nitrogen and oxygen atoms in total. The summed E-state index contributed by atoms with van der Waals surface area (Å²) in [6, 6.07) is 13.9. The van der Waals surface area contributed by atoms with Gasteiger partial charge >= 0.3 is 0 Å². The number of aromatic nitrogens is 2. The van der Waals surface area contributed by atoms with Crippen LogP contribution in [0.2, 0.25) is 0 Å². The van der Waals surface area contributed by atoms with Crippen LogP contribution in [0.3, 0.4) is 0 Å². The fourth-order valence-electron chi connectivity index (χ4n) is 2.99. The third-order valence-corrected chi connectivity index (χ3v) is 6.46. The summed E-state index contributed by atoms with van der Waals surface area (Å²) in [5.74, 6) is 0.102. The number of fused-ring (bicyclic) bond motifs is 1. The predicted molar refractivity (Wildman–Crippen MR) is 108 cm³/mol. The van der Waals surface area contributed by atoms with E-state index in [1.165, 1.54) is 16.2 Å². The molecule has 26 heavy (non-hydrogen) atoms. The number of hydrogen-bond acceptors (Lipinski definition) is 5. The zero-order valence-electron chi connectivity index (χ0n) is 14.5. The first-order valence-electron chi connectivity index (χ1n) is 8.62. The van der Waals surface area contributed by atoms with E-state index in [4.69, 9.17) is 0 Å². The highest BCUT2D eigenvalue weighted by Crippen LogP contribution is 2.37. The molecule has 0 radical (unpaired) electrons. The van der Waals surface area contributed by atoms with Crippen LogP contribution in [0.1, 0.15) is 19.0 Å². The third kappa shape index (κ3) is 3.66.